The molecule has 1 aromatic heterocycles. The summed E-state index contributed by atoms with van der Waals surface area (Å²) in [6.45, 7) is 6.71. The third kappa shape index (κ3) is 5.90. The fraction of sp³-hybridized carbons (Fsp3) is 0.333. The Bertz CT molecular complexity index is 992. The van der Waals surface area contributed by atoms with E-state index in [2.05, 4.69) is 4.98 Å². The fourth-order valence-electron chi connectivity index (χ4n) is 3.09. The topological polar surface area (TPSA) is 61.6 Å². The maximum Gasteiger partial charge on any atom is 0.226 e. The van der Waals surface area contributed by atoms with Crippen molar-refractivity contribution in [1.82, 2.24) is 4.98 Å². The van der Waals surface area contributed by atoms with Gasteiger partial charge in [-0.05, 0) is 63.4 Å². The van der Waals surface area contributed by atoms with E-state index in [9.17, 15) is 4.21 Å². The Balaban J connectivity index is 1.55. The van der Waals surface area contributed by atoms with Gasteiger partial charge in [-0.25, -0.2) is 9.19 Å². The minimum absolute atomic E-state index is 0.119. The molecule has 0 amide bonds. The van der Waals surface area contributed by atoms with Crippen LogP contribution in [0.4, 0.5) is 0 Å². The molecule has 1 unspecified atom stereocenters. The van der Waals surface area contributed by atoms with Crippen LogP contribution >= 0.6 is 0 Å². The van der Waals surface area contributed by atoms with Crippen molar-refractivity contribution < 1.29 is 18.1 Å². The van der Waals surface area contributed by atoms with Crippen LogP contribution in [0.3, 0.4) is 0 Å². The molecule has 1 heterocycles. The third-order valence-electron chi connectivity index (χ3n) is 4.85. The summed E-state index contributed by atoms with van der Waals surface area (Å²) in [6, 6.07) is 17.8. The predicted molar refractivity (Wildman–Crippen MR) is 120 cm³/mol. The first kappa shape index (κ1) is 22.0. The van der Waals surface area contributed by atoms with Gasteiger partial charge in [0.15, 0.2) is 0 Å². The quantitative estimate of drug-likeness (QED) is 0.429. The molecule has 3 rings (SSSR count). The molecule has 0 aliphatic carbocycles. The number of benzene rings is 2. The van der Waals surface area contributed by atoms with Crippen LogP contribution in [0.5, 0.6) is 5.75 Å². The Morgan fingerprint density at radius 1 is 1.13 bits per heavy atom. The Morgan fingerprint density at radius 2 is 1.87 bits per heavy atom. The first-order valence-electron chi connectivity index (χ1n) is 10.1. The van der Waals surface area contributed by atoms with E-state index in [4.69, 9.17) is 13.9 Å². The van der Waals surface area contributed by atoms with Crippen LogP contribution in [-0.4, -0.2) is 26.8 Å². The highest BCUT2D eigenvalue weighted by atomic mass is 32.1. The Kier molecular flexibility index (Phi) is 7.99. The van der Waals surface area contributed by atoms with Crippen LogP contribution in [0, 0.1) is 6.92 Å². The lowest BCUT2D eigenvalue weighted by Gasteiger charge is -2.12. The first-order valence-corrected chi connectivity index (χ1v) is 10.9. The molecule has 0 radical (unpaired) electrons. The molecular formula is C24H27NO4S. The molecule has 0 saturated heterocycles. The van der Waals surface area contributed by atoms with E-state index in [1.165, 1.54) is 0 Å². The van der Waals surface area contributed by atoms with Crippen molar-refractivity contribution in [3.8, 4) is 17.2 Å². The monoisotopic (exact) mass is 425 g/mol. The summed E-state index contributed by atoms with van der Waals surface area (Å²) in [5, 5.41) is 0. The zero-order valence-corrected chi connectivity index (χ0v) is 18.4. The number of aryl methyl sites for hydroxylation is 2. The van der Waals surface area contributed by atoms with E-state index in [0.29, 0.717) is 36.8 Å². The average Bonchev–Trinajstić information content (AvgIpc) is 3.15. The van der Waals surface area contributed by atoms with E-state index < -0.39 is 0 Å². The normalized spacial score (nSPS) is 11.8. The van der Waals surface area contributed by atoms with Gasteiger partial charge in [-0.3, -0.25) is 0 Å². The number of aromatic nitrogens is 1. The Morgan fingerprint density at radius 3 is 2.53 bits per heavy atom. The van der Waals surface area contributed by atoms with Crippen LogP contribution in [0.2, 0.25) is 0 Å². The van der Waals surface area contributed by atoms with Crippen LogP contribution in [0.15, 0.2) is 59.0 Å². The minimum Gasteiger partial charge on any atom is -0.487 e. The molecule has 0 fully saturated rings. The van der Waals surface area contributed by atoms with E-state index in [1.807, 2.05) is 75.4 Å². The highest BCUT2D eigenvalue weighted by molar-refractivity contribution is 7.66. The van der Waals surface area contributed by atoms with Crippen molar-refractivity contribution in [2.24, 2.45) is 0 Å². The molecule has 0 bridgehead atoms. The van der Waals surface area contributed by atoms with Crippen molar-refractivity contribution >= 4 is 16.1 Å². The van der Waals surface area contributed by atoms with E-state index in [0.717, 1.165) is 39.6 Å². The van der Waals surface area contributed by atoms with E-state index in [1.54, 1.807) is 0 Å². The summed E-state index contributed by atoms with van der Waals surface area (Å²) >= 11 is 0.549. The van der Waals surface area contributed by atoms with Crippen LogP contribution in [0.1, 0.15) is 37.3 Å². The summed E-state index contributed by atoms with van der Waals surface area (Å²) in [4.78, 5) is 5.39. The molecule has 0 N–H and O–H groups in total. The fourth-order valence-corrected chi connectivity index (χ4v) is 3.48. The lowest BCUT2D eigenvalue weighted by atomic mass is 10.1. The second-order valence-corrected chi connectivity index (χ2v) is 7.66. The van der Waals surface area contributed by atoms with Crippen molar-refractivity contribution in [2.75, 3.05) is 6.61 Å². The van der Waals surface area contributed by atoms with Gasteiger partial charge in [0.2, 0.25) is 5.89 Å². The van der Waals surface area contributed by atoms with Crippen molar-refractivity contribution in [1.29, 1.82) is 0 Å². The molecule has 6 heteroatoms. The number of hydrogen-bond donors (Lipinski definition) is 0. The van der Waals surface area contributed by atoms with Crippen molar-refractivity contribution in [3.05, 3.63) is 71.6 Å². The van der Waals surface area contributed by atoms with Crippen LogP contribution in [-0.2, 0) is 29.0 Å². The molecule has 3 aromatic rings. The largest absolute Gasteiger partial charge is 0.487 e. The van der Waals surface area contributed by atoms with Gasteiger partial charge in [0.25, 0.3) is 0 Å². The van der Waals surface area contributed by atoms with Crippen LogP contribution in [0.25, 0.3) is 11.5 Å². The SMILES string of the molecule is CCOC(C)C(CCc1ccc(OCc2nc(-c3ccccc3)oc2C)cc1)=S=O. The summed E-state index contributed by atoms with van der Waals surface area (Å²) in [7, 11) is 0. The Hall–Kier alpha value is -2.70. The lowest BCUT2D eigenvalue weighted by molar-refractivity contribution is 0.122. The summed E-state index contributed by atoms with van der Waals surface area (Å²) in [5.74, 6) is 2.13. The Labute approximate surface area is 181 Å². The molecule has 2 aromatic carbocycles. The van der Waals surface area contributed by atoms with Gasteiger partial charge in [-0.2, -0.15) is 0 Å². The first-order chi connectivity index (χ1) is 14.6. The van der Waals surface area contributed by atoms with E-state index in [-0.39, 0.29) is 6.10 Å². The van der Waals surface area contributed by atoms with Crippen molar-refractivity contribution in [3.63, 3.8) is 0 Å². The van der Waals surface area contributed by atoms with Gasteiger partial charge < -0.3 is 13.9 Å². The minimum atomic E-state index is -0.119. The second-order valence-electron chi connectivity index (χ2n) is 6.97. The van der Waals surface area contributed by atoms with E-state index >= 15 is 0 Å². The number of oxazole rings is 1. The van der Waals surface area contributed by atoms with Gasteiger partial charge in [0.1, 0.15) is 23.8 Å². The van der Waals surface area contributed by atoms with Gasteiger partial charge in [-0.15, -0.1) is 0 Å². The number of ether oxygens (including phenoxy) is 2. The average molecular weight is 426 g/mol. The molecule has 1 atom stereocenters. The zero-order chi connectivity index (χ0) is 21.3. The molecule has 0 saturated carbocycles. The molecule has 0 aliphatic heterocycles. The standard InChI is InChI=1S/C24H27NO4S/c1-4-27-18(3)23(30-26)15-12-19-10-13-21(14-11-19)28-16-22-17(2)29-24(25-22)20-8-6-5-7-9-20/h5-11,13-14,18H,4,12,15-16H2,1-3H3. The smallest absolute Gasteiger partial charge is 0.226 e. The molecule has 0 aliphatic rings. The van der Waals surface area contributed by atoms with Gasteiger partial charge in [-0.1, -0.05) is 30.3 Å². The third-order valence-corrected chi connectivity index (χ3v) is 5.60. The van der Waals surface area contributed by atoms with Gasteiger partial charge in [0, 0.05) is 12.2 Å². The highest BCUT2D eigenvalue weighted by Crippen LogP contribution is 2.23. The molecule has 0 spiro atoms. The maximum absolute atomic E-state index is 11.3. The molecule has 5 nitrogen and oxygen atoms in total. The van der Waals surface area contributed by atoms with Crippen LogP contribution < -0.4 is 4.74 Å². The maximum atomic E-state index is 11.3. The number of nitrogens with zero attached hydrogens (tertiary/aromatic N) is 1. The molecule has 30 heavy (non-hydrogen) atoms. The lowest BCUT2D eigenvalue weighted by Crippen LogP contribution is -2.21. The number of hydrogen-bond acceptors (Lipinski definition) is 5. The van der Waals surface area contributed by atoms with Crippen molar-refractivity contribution in [2.45, 2.75) is 46.3 Å². The zero-order valence-electron chi connectivity index (χ0n) is 17.6. The van der Waals surface area contributed by atoms with Gasteiger partial charge in [0.05, 0.1) is 22.2 Å². The van der Waals surface area contributed by atoms with Gasteiger partial charge >= 0.3 is 0 Å². The summed E-state index contributed by atoms with van der Waals surface area (Å²) in [5.41, 5.74) is 2.89. The molecule has 158 valence electrons. The summed E-state index contributed by atoms with van der Waals surface area (Å²) < 4.78 is 28.5. The second kappa shape index (κ2) is 10.9. The predicted octanol–water partition coefficient (Wildman–Crippen LogP) is 4.97. The highest BCUT2D eigenvalue weighted by Gasteiger charge is 2.12. The number of rotatable bonds is 10. The summed E-state index contributed by atoms with van der Waals surface area (Å²) in [6.07, 6.45) is 1.38. The molecular weight excluding hydrogens is 398 g/mol.